The summed E-state index contributed by atoms with van der Waals surface area (Å²) in [6, 6.07) is 6.29. The number of nitrogens with zero attached hydrogens (tertiary/aromatic N) is 2. The van der Waals surface area contributed by atoms with Crippen LogP contribution in [0.1, 0.15) is 36.3 Å². The molecule has 4 nitrogen and oxygen atoms in total. The van der Waals surface area contributed by atoms with Crippen LogP contribution in [0.25, 0.3) is 11.4 Å². The maximum Gasteiger partial charge on any atom is 0.339 e. The van der Waals surface area contributed by atoms with Crippen molar-refractivity contribution in [1.82, 2.24) is 9.97 Å². The number of aromatic nitrogens is 2. The van der Waals surface area contributed by atoms with Crippen LogP contribution in [0.15, 0.2) is 30.5 Å². The lowest BCUT2D eigenvalue weighted by molar-refractivity contribution is 0.0524. The number of carbonyl (C=O) groups excluding carboxylic acids is 1. The first-order chi connectivity index (χ1) is 10.2. The zero-order chi connectivity index (χ0) is 15.2. The predicted octanol–water partition coefficient (Wildman–Crippen LogP) is 3.41. The van der Waals surface area contributed by atoms with E-state index in [1.54, 1.807) is 25.1 Å². The zero-order valence-corrected chi connectivity index (χ0v) is 12.1. The number of hydrogen-bond donors (Lipinski definition) is 0. The van der Waals surface area contributed by atoms with Crippen LogP contribution in [-0.2, 0) is 11.2 Å². The van der Waals surface area contributed by atoms with Crippen LogP contribution in [0.4, 0.5) is 4.39 Å². The standard InChI is InChI=1S/C16H17FN2O2/c1-3-5-13-12(16(20)21-4-2)7-9-15(19-13)14-8-6-11(17)10-18-14/h6-10H,3-5H2,1-2H3. The van der Waals surface area contributed by atoms with Gasteiger partial charge in [0, 0.05) is 0 Å². The Balaban J connectivity index is 2.39. The predicted molar refractivity (Wildman–Crippen MR) is 77.4 cm³/mol. The molecule has 5 heteroatoms. The van der Waals surface area contributed by atoms with E-state index in [9.17, 15) is 9.18 Å². The fourth-order valence-corrected chi connectivity index (χ4v) is 1.99. The number of hydrogen-bond acceptors (Lipinski definition) is 4. The van der Waals surface area contributed by atoms with Crippen molar-refractivity contribution >= 4 is 5.97 Å². The summed E-state index contributed by atoms with van der Waals surface area (Å²) < 4.78 is 17.9. The second-order valence-electron chi connectivity index (χ2n) is 4.52. The molecule has 0 saturated heterocycles. The number of ether oxygens (including phenoxy) is 1. The van der Waals surface area contributed by atoms with E-state index in [1.165, 1.54) is 6.07 Å². The number of pyridine rings is 2. The van der Waals surface area contributed by atoms with Gasteiger partial charge in [-0.3, -0.25) is 9.97 Å². The van der Waals surface area contributed by atoms with Crippen LogP contribution < -0.4 is 0 Å². The highest BCUT2D eigenvalue weighted by Gasteiger charge is 2.15. The van der Waals surface area contributed by atoms with Crippen LogP contribution in [0, 0.1) is 5.82 Å². The minimum atomic E-state index is -0.393. The Bertz CT molecular complexity index is 627. The second kappa shape index (κ2) is 6.92. The number of esters is 1. The Kier molecular flexibility index (Phi) is 4.98. The minimum absolute atomic E-state index is 0.325. The molecule has 2 aromatic heterocycles. The van der Waals surface area contributed by atoms with Gasteiger partial charge in [0.15, 0.2) is 0 Å². The van der Waals surface area contributed by atoms with Crippen molar-refractivity contribution in [3.63, 3.8) is 0 Å². The molecule has 0 aliphatic carbocycles. The smallest absolute Gasteiger partial charge is 0.339 e. The molecule has 0 N–H and O–H groups in total. The lowest BCUT2D eigenvalue weighted by atomic mass is 10.1. The van der Waals surface area contributed by atoms with Gasteiger partial charge in [0.25, 0.3) is 0 Å². The Morgan fingerprint density at radius 2 is 1.95 bits per heavy atom. The molecule has 0 fully saturated rings. The van der Waals surface area contributed by atoms with Gasteiger partial charge >= 0.3 is 5.97 Å². The summed E-state index contributed by atoms with van der Waals surface area (Å²) in [5.74, 6) is -0.761. The van der Waals surface area contributed by atoms with Gasteiger partial charge in [-0.25, -0.2) is 9.18 Å². The highest BCUT2D eigenvalue weighted by atomic mass is 19.1. The Hall–Kier alpha value is -2.30. The topological polar surface area (TPSA) is 52.1 Å². The normalized spacial score (nSPS) is 10.4. The first-order valence-electron chi connectivity index (χ1n) is 6.94. The lowest BCUT2D eigenvalue weighted by Gasteiger charge is -2.09. The summed E-state index contributed by atoms with van der Waals surface area (Å²) in [6.07, 6.45) is 2.68. The summed E-state index contributed by atoms with van der Waals surface area (Å²) in [5.41, 5.74) is 2.35. The van der Waals surface area contributed by atoms with Crippen molar-refractivity contribution in [3.8, 4) is 11.4 Å². The van der Waals surface area contributed by atoms with Gasteiger partial charge in [0.2, 0.25) is 0 Å². The van der Waals surface area contributed by atoms with Gasteiger partial charge in [-0.05, 0) is 37.6 Å². The number of carbonyl (C=O) groups is 1. The molecule has 0 unspecified atom stereocenters. The van der Waals surface area contributed by atoms with Gasteiger partial charge in [0.1, 0.15) is 5.82 Å². The zero-order valence-electron chi connectivity index (χ0n) is 12.1. The molecule has 0 aliphatic heterocycles. The van der Waals surface area contributed by atoms with E-state index < -0.39 is 5.82 Å². The Morgan fingerprint density at radius 1 is 1.19 bits per heavy atom. The third-order valence-electron chi connectivity index (χ3n) is 2.95. The maximum atomic E-state index is 12.9. The molecule has 0 atom stereocenters. The van der Waals surface area contributed by atoms with Crippen molar-refractivity contribution in [2.75, 3.05) is 6.61 Å². The Morgan fingerprint density at radius 3 is 2.57 bits per heavy atom. The monoisotopic (exact) mass is 288 g/mol. The molecule has 2 rings (SSSR count). The first-order valence-corrected chi connectivity index (χ1v) is 6.94. The summed E-state index contributed by atoms with van der Waals surface area (Å²) >= 11 is 0. The molecule has 0 radical (unpaired) electrons. The van der Waals surface area contributed by atoms with Crippen LogP contribution in [0.2, 0.25) is 0 Å². The molecule has 0 amide bonds. The van der Waals surface area contributed by atoms with Crippen LogP contribution in [0.3, 0.4) is 0 Å². The van der Waals surface area contributed by atoms with Crippen molar-refractivity contribution in [2.45, 2.75) is 26.7 Å². The fourth-order valence-electron chi connectivity index (χ4n) is 1.99. The largest absolute Gasteiger partial charge is 0.462 e. The molecule has 2 heterocycles. The molecule has 21 heavy (non-hydrogen) atoms. The average Bonchev–Trinajstić information content (AvgIpc) is 2.48. The van der Waals surface area contributed by atoms with E-state index in [0.29, 0.717) is 35.7 Å². The van der Waals surface area contributed by atoms with Gasteiger partial charge in [-0.15, -0.1) is 0 Å². The molecule has 0 bridgehead atoms. The number of aryl methyl sites for hydroxylation is 1. The molecule has 110 valence electrons. The molecular weight excluding hydrogens is 271 g/mol. The molecule has 0 spiro atoms. The van der Waals surface area contributed by atoms with E-state index in [0.717, 1.165) is 12.6 Å². The quantitative estimate of drug-likeness (QED) is 0.791. The fraction of sp³-hybridized carbons (Fsp3) is 0.312. The maximum absolute atomic E-state index is 12.9. The van der Waals surface area contributed by atoms with E-state index in [-0.39, 0.29) is 5.97 Å². The summed E-state index contributed by atoms with van der Waals surface area (Å²) in [5, 5.41) is 0. The van der Waals surface area contributed by atoms with E-state index in [1.807, 2.05) is 6.92 Å². The van der Waals surface area contributed by atoms with E-state index in [2.05, 4.69) is 9.97 Å². The molecule has 0 aliphatic rings. The highest BCUT2D eigenvalue weighted by Crippen LogP contribution is 2.19. The van der Waals surface area contributed by atoms with Gasteiger partial charge in [-0.1, -0.05) is 13.3 Å². The van der Waals surface area contributed by atoms with Crippen molar-refractivity contribution in [1.29, 1.82) is 0 Å². The van der Waals surface area contributed by atoms with Crippen molar-refractivity contribution in [3.05, 3.63) is 47.5 Å². The SMILES string of the molecule is CCCc1nc(-c2ccc(F)cn2)ccc1C(=O)OCC. The lowest BCUT2D eigenvalue weighted by Crippen LogP contribution is -2.10. The third kappa shape index (κ3) is 3.62. The molecule has 2 aromatic rings. The third-order valence-corrected chi connectivity index (χ3v) is 2.95. The second-order valence-corrected chi connectivity index (χ2v) is 4.52. The summed E-state index contributed by atoms with van der Waals surface area (Å²) in [6.45, 7) is 4.10. The summed E-state index contributed by atoms with van der Waals surface area (Å²) in [4.78, 5) is 20.4. The molecule has 0 saturated carbocycles. The van der Waals surface area contributed by atoms with E-state index >= 15 is 0 Å². The van der Waals surface area contributed by atoms with Crippen molar-refractivity contribution < 1.29 is 13.9 Å². The van der Waals surface area contributed by atoms with Crippen molar-refractivity contribution in [2.24, 2.45) is 0 Å². The van der Waals surface area contributed by atoms with Gasteiger partial charge in [-0.2, -0.15) is 0 Å². The summed E-state index contributed by atoms with van der Waals surface area (Å²) in [7, 11) is 0. The van der Waals surface area contributed by atoms with Gasteiger partial charge in [0.05, 0.1) is 35.4 Å². The molecule has 0 aromatic carbocycles. The Labute approximate surface area is 123 Å². The molecular formula is C16H17FN2O2. The number of rotatable bonds is 5. The van der Waals surface area contributed by atoms with Crippen LogP contribution >= 0.6 is 0 Å². The van der Waals surface area contributed by atoms with Crippen LogP contribution in [-0.4, -0.2) is 22.5 Å². The average molecular weight is 288 g/mol. The number of halogens is 1. The van der Waals surface area contributed by atoms with Crippen LogP contribution in [0.5, 0.6) is 0 Å². The first kappa shape index (κ1) is 15.1. The minimum Gasteiger partial charge on any atom is -0.462 e. The van der Waals surface area contributed by atoms with E-state index in [4.69, 9.17) is 4.74 Å². The highest BCUT2D eigenvalue weighted by molar-refractivity contribution is 5.91. The van der Waals surface area contributed by atoms with Gasteiger partial charge < -0.3 is 4.74 Å².